The molecule has 2 N–H and O–H groups in total. The van der Waals surface area contributed by atoms with E-state index in [0.717, 1.165) is 34.7 Å². The van der Waals surface area contributed by atoms with E-state index in [-0.39, 0.29) is 29.0 Å². The molecule has 1 aliphatic carbocycles. The molecule has 3 rings (SSSR count). The van der Waals surface area contributed by atoms with Crippen molar-refractivity contribution in [2.24, 2.45) is 5.92 Å². The van der Waals surface area contributed by atoms with Gasteiger partial charge in [0.1, 0.15) is 5.75 Å². The number of carbonyl (C=O) groups excluding carboxylic acids is 2. The highest BCUT2D eigenvalue weighted by Crippen LogP contribution is 2.30. The van der Waals surface area contributed by atoms with Gasteiger partial charge in [0, 0.05) is 16.5 Å². The normalized spacial score (nSPS) is 15.4. The molecular formula is C22H26N2O3S. The predicted molar refractivity (Wildman–Crippen MR) is 113 cm³/mol. The molecule has 0 bridgehead atoms. The largest absolute Gasteiger partial charge is 0.497 e. The van der Waals surface area contributed by atoms with Crippen molar-refractivity contribution in [3.63, 3.8) is 0 Å². The van der Waals surface area contributed by atoms with Gasteiger partial charge in [-0.15, -0.1) is 11.8 Å². The van der Waals surface area contributed by atoms with Crippen molar-refractivity contribution >= 4 is 29.3 Å². The van der Waals surface area contributed by atoms with Gasteiger partial charge in [0.25, 0.3) is 0 Å². The van der Waals surface area contributed by atoms with Gasteiger partial charge in [0.15, 0.2) is 0 Å². The molecule has 0 saturated heterocycles. The summed E-state index contributed by atoms with van der Waals surface area (Å²) >= 11 is 1.51. The van der Waals surface area contributed by atoms with Gasteiger partial charge in [0.05, 0.1) is 18.4 Å². The Labute approximate surface area is 170 Å². The fourth-order valence-corrected chi connectivity index (χ4v) is 3.65. The van der Waals surface area contributed by atoms with Crippen LogP contribution in [0.25, 0.3) is 0 Å². The first-order chi connectivity index (χ1) is 13.5. The molecule has 0 heterocycles. The van der Waals surface area contributed by atoms with E-state index in [2.05, 4.69) is 10.6 Å². The van der Waals surface area contributed by atoms with Gasteiger partial charge in [-0.05, 0) is 68.7 Å². The lowest BCUT2D eigenvalue weighted by atomic mass is 10.1. The van der Waals surface area contributed by atoms with E-state index in [0.29, 0.717) is 0 Å². The maximum atomic E-state index is 12.5. The second-order valence-electron chi connectivity index (χ2n) is 7.05. The van der Waals surface area contributed by atoms with Crippen LogP contribution in [0.5, 0.6) is 5.75 Å². The highest BCUT2D eigenvalue weighted by molar-refractivity contribution is 8.00. The standard InChI is InChI=1S/C22H26N2O3S/c1-14(16-6-8-18(9-7-16)24-22(26)17-4-5-17)23-21(25)15(2)28-20-12-10-19(27-3)11-13-20/h6-15,17H,4-5H2,1-3H3,(H,23,25)(H,24,26). The average molecular weight is 399 g/mol. The molecule has 0 aromatic heterocycles. The number of nitrogens with one attached hydrogen (secondary N) is 2. The van der Waals surface area contributed by atoms with Gasteiger partial charge in [-0.1, -0.05) is 12.1 Å². The summed E-state index contributed by atoms with van der Waals surface area (Å²) in [5.74, 6) is 1.06. The number of methoxy groups -OCH3 is 1. The molecule has 1 fully saturated rings. The second kappa shape index (κ2) is 9.15. The van der Waals surface area contributed by atoms with Crippen molar-refractivity contribution in [2.75, 3.05) is 12.4 Å². The minimum atomic E-state index is -0.215. The lowest BCUT2D eigenvalue weighted by Gasteiger charge is -2.18. The Morgan fingerprint density at radius 3 is 2.25 bits per heavy atom. The molecule has 0 spiro atoms. The summed E-state index contributed by atoms with van der Waals surface area (Å²) in [6, 6.07) is 15.2. The van der Waals surface area contributed by atoms with E-state index in [4.69, 9.17) is 4.74 Å². The minimum absolute atomic E-state index is 0.0144. The molecule has 0 aliphatic heterocycles. The summed E-state index contributed by atoms with van der Waals surface area (Å²) < 4.78 is 5.16. The van der Waals surface area contributed by atoms with Gasteiger partial charge in [-0.2, -0.15) is 0 Å². The molecule has 6 heteroatoms. The van der Waals surface area contributed by atoms with E-state index in [1.165, 1.54) is 11.8 Å². The van der Waals surface area contributed by atoms with Crippen LogP contribution in [0.2, 0.25) is 0 Å². The van der Waals surface area contributed by atoms with Crippen molar-refractivity contribution < 1.29 is 14.3 Å². The molecule has 2 aromatic rings. The van der Waals surface area contributed by atoms with Gasteiger partial charge in [-0.25, -0.2) is 0 Å². The Morgan fingerprint density at radius 2 is 1.68 bits per heavy atom. The zero-order valence-electron chi connectivity index (χ0n) is 16.4. The topological polar surface area (TPSA) is 67.4 Å². The molecule has 2 unspecified atom stereocenters. The smallest absolute Gasteiger partial charge is 0.233 e. The van der Waals surface area contributed by atoms with Crippen LogP contribution in [-0.4, -0.2) is 24.2 Å². The highest BCUT2D eigenvalue weighted by Gasteiger charge is 2.29. The van der Waals surface area contributed by atoms with Crippen LogP contribution in [-0.2, 0) is 9.59 Å². The third kappa shape index (κ3) is 5.52. The Balaban J connectivity index is 1.51. The van der Waals surface area contributed by atoms with Crippen LogP contribution in [0.4, 0.5) is 5.69 Å². The highest BCUT2D eigenvalue weighted by atomic mass is 32.2. The quantitative estimate of drug-likeness (QED) is 0.647. The van der Waals surface area contributed by atoms with Crippen LogP contribution in [0.3, 0.4) is 0 Å². The van der Waals surface area contributed by atoms with Crippen LogP contribution < -0.4 is 15.4 Å². The van der Waals surface area contributed by atoms with Gasteiger partial charge in [0.2, 0.25) is 11.8 Å². The van der Waals surface area contributed by atoms with Crippen LogP contribution >= 0.6 is 11.8 Å². The molecule has 2 atom stereocenters. The lowest BCUT2D eigenvalue weighted by molar-refractivity contribution is -0.121. The third-order valence-corrected chi connectivity index (χ3v) is 5.84. The summed E-state index contributed by atoms with van der Waals surface area (Å²) in [5.41, 5.74) is 1.79. The Kier molecular flexibility index (Phi) is 6.62. The van der Waals surface area contributed by atoms with Crippen LogP contribution in [0, 0.1) is 5.92 Å². The van der Waals surface area contributed by atoms with Gasteiger partial charge >= 0.3 is 0 Å². The first kappa shape index (κ1) is 20.3. The Bertz CT molecular complexity index is 817. The van der Waals surface area contributed by atoms with Gasteiger partial charge < -0.3 is 15.4 Å². The number of ether oxygens (including phenoxy) is 1. The van der Waals surface area contributed by atoms with E-state index in [9.17, 15) is 9.59 Å². The van der Waals surface area contributed by atoms with E-state index < -0.39 is 0 Å². The van der Waals surface area contributed by atoms with Crippen molar-refractivity contribution in [1.29, 1.82) is 0 Å². The Hall–Kier alpha value is -2.47. The molecule has 148 valence electrons. The summed E-state index contributed by atoms with van der Waals surface area (Å²) in [6.45, 7) is 3.86. The molecule has 1 saturated carbocycles. The van der Waals surface area contributed by atoms with Crippen molar-refractivity contribution in [3.05, 3.63) is 54.1 Å². The van der Waals surface area contributed by atoms with Crippen LogP contribution in [0.1, 0.15) is 38.3 Å². The number of thioether (sulfide) groups is 1. The van der Waals surface area contributed by atoms with E-state index in [1.807, 2.05) is 62.4 Å². The maximum absolute atomic E-state index is 12.5. The molecule has 28 heavy (non-hydrogen) atoms. The summed E-state index contributed by atoms with van der Waals surface area (Å²) in [7, 11) is 1.63. The van der Waals surface area contributed by atoms with Crippen molar-refractivity contribution in [3.8, 4) is 5.75 Å². The number of hydrogen-bond acceptors (Lipinski definition) is 4. The molecule has 0 radical (unpaired) electrons. The number of benzene rings is 2. The monoisotopic (exact) mass is 398 g/mol. The van der Waals surface area contributed by atoms with Gasteiger partial charge in [-0.3, -0.25) is 9.59 Å². The molecule has 2 amide bonds. The first-order valence-corrected chi connectivity index (χ1v) is 10.4. The Morgan fingerprint density at radius 1 is 1.04 bits per heavy atom. The number of amides is 2. The number of hydrogen-bond donors (Lipinski definition) is 2. The second-order valence-corrected chi connectivity index (χ2v) is 8.47. The predicted octanol–water partition coefficient (Wildman–Crippen LogP) is 4.40. The summed E-state index contributed by atoms with van der Waals surface area (Å²) in [4.78, 5) is 25.4. The average Bonchev–Trinajstić information content (AvgIpc) is 3.54. The van der Waals surface area contributed by atoms with Crippen molar-refractivity contribution in [1.82, 2.24) is 5.32 Å². The van der Waals surface area contributed by atoms with E-state index >= 15 is 0 Å². The molecule has 1 aliphatic rings. The maximum Gasteiger partial charge on any atom is 0.233 e. The van der Waals surface area contributed by atoms with E-state index in [1.54, 1.807) is 7.11 Å². The molecule has 2 aromatic carbocycles. The third-order valence-electron chi connectivity index (χ3n) is 4.73. The fourth-order valence-electron chi connectivity index (χ4n) is 2.77. The minimum Gasteiger partial charge on any atom is -0.497 e. The molecule has 5 nitrogen and oxygen atoms in total. The first-order valence-electron chi connectivity index (χ1n) is 9.48. The number of rotatable bonds is 8. The molecular weight excluding hydrogens is 372 g/mol. The number of carbonyl (C=O) groups is 2. The number of anilines is 1. The summed E-state index contributed by atoms with van der Waals surface area (Å²) in [5, 5.41) is 5.77. The lowest BCUT2D eigenvalue weighted by Crippen LogP contribution is -2.33. The zero-order chi connectivity index (χ0) is 20.1. The van der Waals surface area contributed by atoms with Crippen LogP contribution in [0.15, 0.2) is 53.4 Å². The zero-order valence-corrected chi connectivity index (χ0v) is 17.2. The SMILES string of the molecule is COc1ccc(SC(C)C(=O)NC(C)c2ccc(NC(=O)C3CC3)cc2)cc1. The van der Waals surface area contributed by atoms with Crippen molar-refractivity contribution in [2.45, 2.75) is 42.9 Å². The summed E-state index contributed by atoms with van der Waals surface area (Å²) in [6.07, 6.45) is 1.97. The fraction of sp³-hybridized carbons (Fsp3) is 0.364.